The van der Waals surface area contributed by atoms with Crippen LogP contribution < -0.4 is 0 Å². The zero-order valence-electron chi connectivity index (χ0n) is 13.9. The maximum atomic E-state index is 12.7. The minimum absolute atomic E-state index is 0.0601. The molecular formula is C16H24N2O4S. The van der Waals surface area contributed by atoms with Crippen molar-refractivity contribution >= 4 is 15.9 Å². The molecule has 1 amide bonds. The topological polar surface area (TPSA) is 66.9 Å². The summed E-state index contributed by atoms with van der Waals surface area (Å²) in [7, 11) is 1.18. The van der Waals surface area contributed by atoms with Gasteiger partial charge in [-0.15, -0.1) is 0 Å². The first-order valence-corrected chi connectivity index (χ1v) is 9.16. The van der Waals surface area contributed by atoms with E-state index < -0.39 is 10.0 Å². The third-order valence-corrected chi connectivity index (χ3v) is 5.75. The molecule has 1 fully saturated rings. The molecule has 0 aliphatic carbocycles. The van der Waals surface area contributed by atoms with Gasteiger partial charge in [-0.2, -0.15) is 4.31 Å². The number of rotatable bonds is 5. The van der Waals surface area contributed by atoms with Gasteiger partial charge < -0.3 is 9.64 Å². The van der Waals surface area contributed by atoms with E-state index >= 15 is 0 Å². The maximum Gasteiger partial charge on any atom is 0.253 e. The van der Waals surface area contributed by atoms with E-state index in [1.807, 2.05) is 0 Å². The highest BCUT2D eigenvalue weighted by Gasteiger charge is 2.26. The zero-order valence-corrected chi connectivity index (χ0v) is 14.7. The Morgan fingerprint density at radius 2 is 2.00 bits per heavy atom. The summed E-state index contributed by atoms with van der Waals surface area (Å²) in [6, 6.07) is 6.15. The second-order valence-electron chi connectivity index (χ2n) is 6.00. The van der Waals surface area contributed by atoms with E-state index in [0.29, 0.717) is 18.7 Å². The Labute approximate surface area is 138 Å². The molecule has 1 aliphatic rings. The van der Waals surface area contributed by atoms with Gasteiger partial charge in [0.05, 0.1) is 11.0 Å². The number of ether oxygens (including phenoxy) is 1. The SMILES string of the molecule is CN(C)C(=O)c1cccc(S(=O)(=O)N(C)CC2CCCCO2)c1. The summed E-state index contributed by atoms with van der Waals surface area (Å²) in [4.78, 5) is 13.6. The molecule has 1 aromatic carbocycles. The third-order valence-electron chi connectivity index (χ3n) is 3.93. The molecule has 23 heavy (non-hydrogen) atoms. The fourth-order valence-electron chi connectivity index (χ4n) is 2.56. The lowest BCUT2D eigenvalue weighted by atomic mass is 10.1. The summed E-state index contributed by atoms with van der Waals surface area (Å²) in [5, 5.41) is 0. The standard InChI is InChI=1S/C16H24N2O4S/c1-17(2)16(19)13-7-6-9-15(11-13)23(20,21)18(3)12-14-8-4-5-10-22-14/h6-7,9,11,14H,4-5,8,10,12H2,1-3H3. The minimum Gasteiger partial charge on any atom is -0.377 e. The number of carbonyl (C=O) groups excluding carboxylic acids is 1. The van der Waals surface area contributed by atoms with E-state index in [1.165, 1.54) is 21.3 Å². The highest BCUT2D eigenvalue weighted by Crippen LogP contribution is 2.20. The third kappa shape index (κ3) is 4.31. The molecule has 1 unspecified atom stereocenters. The van der Waals surface area contributed by atoms with Crippen molar-refractivity contribution < 1.29 is 17.9 Å². The summed E-state index contributed by atoms with van der Waals surface area (Å²) in [5.74, 6) is -0.222. The van der Waals surface area contributed by atoms with E-state index in [2.05, 4.69) is 0 Å². The van der Waals surface area contributed by atoms with Crippen molar-refractivity contribution in [3.63, 3.8) is 0 Å². The second kappa shape index (κ2) is 7.42. The van der Waals surface area contributed by atoms with Crippen molar-refractivity contribution in [2.75, 3.05) is 34.3 Å². The smallest absolute Gasteiger partial charge is 0.253 e. The van der Waals surface area contributed by atoms with Gasteiger partial charge in [0.2, 0.25) is 10.0 Å². The molecule has 0 bridgehead atoms. The highest BCUT2D eigenvalue weighted by molar-refractivity contribution is 7.89. The lowest BCUT2D eigenvalue weighted by molar-refractivity contribution is 0.00858. The van der Waals surface area contributed by atoms with Crippen molar-refractivity contribution in [2.24, 2.45) is 0 Å². The molecule has 0 N–H and O–H groups in total. The molecule has 1 atom stereocenters. The van der Waals surface area contributed by atoms with Crippen LogP contribution in [0, 0.1) is 0 Å². The normalized spacial score (nSPS) is 18.9. The summed E-state index contributed by atoms with van der Waals surface area (Å²) in [5.41, 5.74) is 0.360. The molecule has 0 aromatic heterocycles. The van der Waals surface area contributed by atoms with Gasteiger partial charge in [-0.25, -0.2) is 8.42 Å². The first-order chi connectivity index (χ1) is 10.8. The monoisotopic (exact) mass is 340 g/mol. The van der Waals surface area contributed by atoms with Gasteiger partial charge in [0, 0.05) is 39.9 Å². The van der Waals surface area contributed by atoms with Crippen molar-refractivity contribution in [1.82, 2.24) is 9.21 Å². The molecule has 1 aliphatic heterocycles. The predicted octanol–water partition coefficient (Wildman–Crippen LogP) is 1.58. The number of carbonyl (C=O) groups is 1. The van der Waals surface area contributed by atoms with Crippen molar-refractivity contribution in [1.29, 1.82) is 0 Å². The lowest BCUT2D eigenvalue weighted by Gasteiger charge is -2.27. The van der Waals surface area contributed by atoms with Crippen LogP contribution in [0.2, 0.25) is 0 Å². The molecule has 2 rings (SSSR count). The Bertz CT molecular complexity index is 652. The van der Waals surface area contributed by atoms with Crippen LogP contribution in [-0.4, -0.2) is 63.9 Å². The van der Waals surface area contributed by atoms with Crippen LogP contribution in [0.4, 0.5) is 0 Å². The maximum absolute atomic E-state index is 12.7. The van der Waals surface area contributed by atoms with Crippen molar-refractivity contribution in [2.45, 2.75) is 30.3 Å². The van der Waals surface area contributed by atoms with Crippen LogP contribution in [0.3, 0.4) is 0 Å². The molecule has 6 nitrogen and oxygen atoms in total. The number of amides is 1. The van der Waals surface area contributed by atoms with E-state index in [9.17, 15) is 13.2 Å². The van der Waals surface area contributed by atoms with Gasteiger partial charge in [0.1, 0.15) is 0 Å². The summed E-state index contributed by atoms with van der Waals surface area (Å²) in [6.07, 6.45) is 2.90. The number of hydrogen-bond acceptors (Lipinski definition) is 4. The first kappa shape index (κ1) is 17.9. The number of likely N-dealkylation sites (N-methyl/N-ethyl adjacent to an activating group) is 1. The van der Waals surface area contributed by atoms with Gasteiger partial charge in [0.15, 0.2) is 0 Å². The van der Waals surface area contributed by atoms with Crippen LogP contribution in [-0.2, 0) is 14.8 Å². The van der Waals surface area contributed by atoms with E-state index in [0.717, 1.165) is 19.3 Å². The summed E-state index contributed by atoms with van der Waals surface area (Å²) >= 11 is 0. The Kier molecular flexibility index (Phi) is 5.78. The molecule has 128 valence electrons. The number of hydrogen-bond donors (Lipinski definition) is 0. The molecule has 1 aromatic rings. The fraction of sp³-hybridized carbons (Fsp3) is 0.562. The van der Waals surface area contributed by atoms with E-state index in [1.54, 1.807) is 33.3 Å². The quantitative estimate of drug-likeness (QED) is 0.816. The van der Waals surface area contributed by atoms with Crippen molar-refractivity contribution in [3.8, 4) is 0 Å². The van der Waals surface area contributed by atoms with Crippen molar-refractivity contribution in [3.05, 3.63) is 29.8 Å². The molecule has 0 radical (unpaired) electrons. The summed E-state index contributed by atoms with van der Waals surface area (Å²) in [6.45, 7) is 1.01. The molecule has 1 heterocycles. The van der Waals surface area contributed by atoms with Gasteiger partial charge in [-0.3, -0.25) is 4.79 Å². The average molecular weight is 340 g/mol. The van der Waals surface area contributed by atoms with Gasteiger partial charge in [-0.05, 0) is 37.5 Å². The Hall–Kier alpha value is -1.44. The largest absolute Gasteiger partial charge is 0.377 e. The molecule has 0 saturated carbocycles. The van der Waals surface area contributed by atoms with Gasteiger partial charge in [-0.1, -0.05) is 6.07 Å². The number of sulfonamides is 1. The van der Waals surface area contributed by atoms with E-state index in [4.69, 9.17) is 4.74 Å². The van der Waals surface area contributed by atoms with Crippen LogP contribution in [0.1, 0.15) is 29.6 Å². The Morgan fingerprint density at radius 1 is 1.26 bits per heavy atom. The minimum atomic E-state index is -3.64. The average Bonchev–Trinajstić information content (AvgIpc) is 2.55. The van der Waals surface area contributed by atoms with E-state index in [-0.39, 0.29) is 16.9 Å². The molecule has 0 spiro atoms. The number of nitrogens with zero attached hydrogens (tertiary/aromatic N) is 2. The first-order valence-electron chi connectivity index (χ1n) is 7.72. The predicted molar refractivity (Wildman–Crippen MR) is 87.9 cm³/mol. The lowest BCUT2D eigenvalue weighted by Crippen LogP contribution is -2.37. The van der Waals surface area contributed by atoms with Gasteiger partial charge >= 0.3 is 0 Å². The number of benzene rings is 1. The second-order valence-corrected chi connectivity index (χ2v) is 8.05. The van der Waals surface area contributed by atoms with Crippen LogP contribution in [0.25, 0.3) is 0 Å². The van der Waals surface area contributed by atoms with Crippen LogP contribution >= 0.6 is 0 Å². The molecular weight excluding hydrogens is 316 g/mol. The highest BCUT2D eigenvalue weighted by atomic mass is 32.2. The molecule has 7 heteroatoms. The van der Waals surface area contributed by atoms with Gasteiger partial charge in [0.25, 0.3) is 5.91 Å². The van der Waals surface area contributed by atoms with Crippen LogP contribution in [0.15, 0.2) is 29.2 Å². The fourth-order valence-corrected chi connectivity index (χ4v) is 3.81. The zero-order chi connectivity index (χ0) is 17.0. The summed E-state index contributed by atoms with van der Waals surface area (Å²) < 4.78 is 32.3. The van der Waals surface area contributed by atoms with Crippen LogP contribution in [0.5, 0.6) is 0 Å². The molecule has 1 saturated heterocycles. The Balaban J connectivity index is 2.18. The Morgan fingerprint density at radius 3 is 2.61 bits per heavy atom.